The van der Waals surface area contributed by atoms with Crippen LogP contribution >= 0.6 is 11.8 Å². The van der Waals surface area contributed by atoms with Crippen LogP contribution in [0.1, 0.15) is 50.2 Å². The van der Waals surface area contributed by atoms with Crippen molar-refractivity contribution in [3.63, 3.8) is 0 Å². The fourth-order valence-corrected chi connectivity index (χ4v) is 2.90. The quantitative estimate of drug-likeness (QED) is 0.734. The molecule has 0 fully saturated rings. The fraction of sp³-hybridized carbons (Fsp3) is 0.786. The van der Waals surface area contributed by atoms with E-state index in [2.05, 4.69) is 49.7 Å². The Bertz CT molecular complexity index is 360. The number of rotatable bonds is 8. The van der Waals surface area contributed by atoms with Crippen LogP contribution in [0, 0.1) is 13.8 Å². The lowest BCUT2D eigenvalue weighted by Crippen LogP contribution is -2.20. The van der Waals surface area contributed by atoms with E-state index in [0.717, 1.165) is 18.8 Å². The van der Waals surface area contributed by atoms with Crippen molar-refractivity contribution in [3.05, 3.63) is 17.0 Å². The first-order chi connectivity index (χ1) is 8.61. The third-order valence-electron chi connectivity index (χ3n) is 3.22. The van der Waals surface area contributed by atoms with Crippen LogP contribution in [0.5, 0.6) is 0 Å². The second-order valence-corrected chi connectivity index (χ2v) is 6.07. The average molecular weight is 269 g/mol. The summed E-state index contributed by atoms with van der Waals surface area (Å²) in [4.78, 5) is 0. The first kappa shape index (κ1) is 15.6. The minimum Gasteiger partial charge on any atom is -0.310 e. The van der Waals surface area contributed by atoms with Gasteiger partial charge in [0.25, 0.3) is 0 Å². The van der Waals surface area contributed by atoms with E-state index in [9.17, 15) is 0 Å². The molecule has 0 amide bonds. The Morgan fingerprint density at radius 2 is 2.06 bits per heavy atom. The largest absolute Gasteiger partial charge is 0.310 e. The summed E-state index contributed by atoms with van der Waals surface area (Å²) in [5, 5.41) is 8.23. The number of hydrogen-bond acceptors (Lipinski definition) is 3. The second kappa shape index (κ2) is 7.85. The number of nitrogens with zero attached hydrogens (tertiary/aromatic N) is 2. The molecule has 3 nitrogen and oxygen atoms in total. The topological polar surface area (TPSA) is 29.9 Å². The van der Waals surface area contributed by atoms with Crippen molar-refractivity contribution < 1.29 is 0 Å². The first-order valence-electron chi connectivity index (χ1n) is 6.96. The van der Waals surface area contributed by atoms with Crippen LogP contribution in [0.3, 0.4) is 0 Å². The molecule has 1 rings (SSSR count). The molecule has 104 valence electrons. The standard InChI is InChI=1S/C14H27N3S/c1-6-8-15-11(3)14-12(4)16-17(13(14)5)9-10-18-7-2/h11,15H,6-10H2,1-5H3. The number of thioether (sulfide) groups is 1. The predicted molar refractivity (Wildman–Crippen MR) is 81.4 cm³/mol. The second-order valence-electron chi connectivity index (χ2n) is 4.68. The Morgan fingerprint density at radius 3 is 2.67 bits per heavy atom. The van der Waals surface area contributed by atoms with Crippen LogP contribution in [0.15, 0.2) is 0 Å². The molecule has 0 aliphatic heterocycles. The normalized spacial score (nSPS) is 12.9. The molecule has 0 saturated heterocycles. The summed E-state index contributed by atoms with van der Waals surface area (Å²) in [5.74, 6) is 2.33. The van der Waals surface area contributed by atoms with E-state index >= 15 is 0 Å². The highest BCUT2D eigenvalue weighted by Crippen LogP contribution is 2.21. The smallest absolute Gasteiger partial charge is 0.0644 e. The van der Waals surface area contributed by atoms with E-state index in [1.165, 1.54) is 29.1 Å². The monoisotopic (exact) mass is 269 g/mol. The highest BCUT2D eigenvalue weighted by molar-refractivity contribution is 7.99. The van der Waals surface area contributed by atoms with Gasteiger partial charge >= 0.3 is 0 Å². The van der Waals surface area contributed by atoms with Crippen molar-refractivity contribution >= 4 is 11.8 Å². The maximum atomic E-state index is 4.67. The van der Waals surface area contributed by atoms with Gasteiger partial charge in [-0.05, 0) is 39.5 Å². The van der Waals surface area contributed by atoms with Gasteiger partial charge < -0.3 is 5.32 Å². The molecule has 0 saturated carbocycles. The number of hydrogen-bond donors (Lipinski definition) is 1. The van der Waals surface area contributed by atoms with E-state index in [0.29, 0.717) is 6.04 Å². The molecular formula is C14H27N3S. The molecular weight excluding hydrogens is 242 g/mol. The SMILES string of the molecule is CCCNC(C)c1c(C)nn(CCSCC)c1C. The lowest BCUT2D eigenvalue weighted by Gasteiger charge is -2.14. The van der Waals surface area contributed by atoms with Crippen molar-refractivity contribution in [2.45, 2.75) is 53.6 Å². The summed E-state index contributed by atoms with van der Waals surface area (Å²) in [6, 6.07) is 0.400. The maximum Gasteiger partial charge on any atom is 0.0644 e. The van der Waals surface area contributed by atoms with E-state index in [1.54, 1.807) is 0 Å². The van der Waals surface area contributed by atoms with Crippen LogP contribution in [-0.2, 0) is 6.54 Å². The molecule has 1 unspecified atom stereocenters. The highest BCUT2D eigenvalue weighted by Gasteiger charge is 2.16. The fourth-order valence-electron chi connectivity index (χ4n) is 2.31. The molecule has 0 aromatic carbocycles. The zero-order valence-corrected chi connectivity index (χ0v) is 13.2. The van der Waals surface area contributed by atoms with Crippen molar-refractivity contribution in [2.75, 3.05) is 18.1 Å². The highest BCUT2D eigenvalue weighted by atomic mass is 32.2. The molecule has 0 radical (unpaired) electrons. The minimum atomic E-state index is 0.400. The van der Waals surface area contributed by atoms with Crippen LogP contribution in [0.25, 0.3) is 0 Å². The van der Waals surface area contributed by atoms with Crippen molar-refractivity contribution in [3.8, 4) is 0 Å². The molecule has 1 aromatic heterocycles. The van der Waals surface area contributed by atoms with Gasteiger partial charge in [0.2, 0.25) is 0 Å². The molecule has 0 aliphatic carbocycles. The molecule has 1 aromatic rings. The van der Waals surface area contributed by atoms with Gasteiger partial charge in [-0.15, -0.1) is 0 Å². The zero-order valence-electron chi connectivity index (χ0n) is 12.4. The lowest BCUT2D eigenvalue weighted by atomic mass is 10.1. The third-order valence-corrected chi connectivity index (χ3v) is 4.10. The van der Waals surface area contributed by atoms with Crippen molar-refractivity contribution in [1.29, 1.82) is 0 Å². The van der Waals surface area contributed by atoms with Gasteiger partial charge in [0.1, 0.15) is 0 Å². The zero-order chi connectivity index (χ0) is 13.5. The average Bonchev–Trinajstić information content (AvgIpc) is 2.62. The van der Waals surface area contributed by atoms with E-state index in [4.69, 9.17) is 0 Å². The molecule has 18 heavy (non-hydrogen) atoms. The Balaban J connectivity index is 2.73. The Labute approximate surface area is 116 Å². The molecule has 0 spiro atoms. The lowest BCUT2D eigenvalue weighted by molar-refractivity contribution is 0.563. The summed E-state index contributed by atoms with van der Waals surface area (Å²) in [5.41, 5.74) is 3.87. The van der Waals surface area contributed by atoms with Crippen molar-refractivity contribution in [2.24, 2.45) is 0 Å². The van der Waals surface area contributed by atoms with Gasteiger partial charge in [-0.1, -0.05) is 13.8 Å². The van der Waals surface area contributed by atoms with E-state index in [1.807, 2.05) is 11.8 Å². The molecule has 4 heteroatoms. The van der Waals surface area contributed by atoms with Crippen LogP contribution < -0.4 is 5.32 Å². The number of nitrogens with one attached hydrogen (secondary N) is 1. The van der Waals surface area contributed by atoms with Gasteiger partial charge in [-0.25, -0.2) is 0 Å². The maximum absolute atomic E-state index is 4.67. The van der Waals surface area contributed by atoms with Crippen LogP contribution in [0.4, 0.5) is 0 Å². The molecule has 1 heterocycles. The van der Waals surface area contributed by atoms with Gasteiger partial charge in [0, 0.05) is 23.1 Å². The van der Waals surface area contributed by atoms with Gasteiger partial charge in [0.05, 0.1) is 12.2 Å². The first-order valence-corrected chi connectivity index (χ1v) is 8.12. The summed E-state index contributed by atoms with van der Waals surface area (Å²) >= 11 is 1.97. The minimum absolute atomic E-state index is 0.400. The van der Waals surface area contributed by atoms with E-state index in [-0.39, 0.29) is 0 Å². The Morgan fingerprint density at radius 1 is 1.33 bits per heavy atom. The third kappa shape index (κ3) is 4.02. The Hall–Kier alpha value is -0.480. The Kier molecular flexibility index (Phi) is 6.79. The summed E-state index contributed by atoms with van der Waals surface area (Å²) < 4.78 is 2.16. The molecule has 0 bridgehead atoms. The van der Waals surface area contributed by atoms with Gasteiger partial charge in [-0.3, -0.25) is 4.68 Å². The van der Waals surface area contributed by atoms with Gasteiger partial charge in [-0.2, -0.15) is 16.9 Å². The summed E-state index contributed by atoms with van der Waals surface area (Å²) in [7, 11) is 0. The van der Waals surface area contributed by atoms with E-state index < -0.39 is 0 Å². The number of aryl methyl sites for hydroxylation is 2. The van der Waals surface area contributed by atoms with Crippen LogP contribution in [0.2, 0.25) is 0 Å². The van der Waals surface area contributed by atoms with Gasteiger partial charge in [0.15, 0.2) is 0 Å². The number of aromatic nitrogens is 2. The summed E-state index contributed by atoms with van der Waals surface area (Å²) in [6.07, 6.45) is 1.17. The molecule has 0 aliphatic rings. The summed E-state index contributed by atoms with van der Waals surface area (Å²) in [6.45, 7) is 13.0. The van der Waals surface area contributed by atoms with Crippen molar-refractivity contribution in [1.82, 2.24) is 15.1 Å². The molecule has 1 atom stereocenters. The molecule has 1 N–H and O–H groups in total. The predicted octanol–water partition coefficient (Wildman–Crippen LogP) is 3.31. The van der Waals surface area contributed by atoms with Crippen LogP contribution in [-0.4, -0.2) is 27.8 Å².